The summed E-state index contributed by atoms with van der Waals surface area (Å²) in [5.41, 5.74) is 1.55. The minimum Gasteiger partial charge on any atom is -0.326 e. The first-order valence-electron chi connectivity index (χ1n) is 7.15. The molecule has 3 rings (SSSR count). The van der Waals surface area contributed by atoms with E-state index in [1.807, 2.05) is 24.3 Å². The number of nitrogens with one attached hydrogen (secondary N) is 3. The second-order valence-corrected chi connectivity index (χ2v) is 5.52. The number of benzene rings is 1. The van der Waals surface area contributed by atoms with Crippen LogP contribution in [0.5, 0.6) is 0 Å². The molecule has 0 aromatic heterocycles. The lowest BCUT2D eigenvalue weighted by atomic mass is 10.1. The van der Waals surface area contributed by atoms with Crippen molar-refractivity contribution in [1.29, 1.82) is 0 Å². The van der Waals surface area contributed by atoms with Crippen molar-refractivity contribution in [3.05, 3.63) is 24.3 Å². The first-order valence-corrected chi connectivity index (χ1v) is 7.15. The smallest absolute Gasteiger partial charge is 0.228 e. The van der Waals surface area contributed by atoms with E-state index in [1.165, 1.54) is 0 Å². The number of amides is 2. The number of rotatable bonds is 4. The summed E-state index contributed by atoms with van der Waals surface area (Å²) < 4.78 is 0. The standard InChI is InChI=1S/C15H19N3O2.ClH/c19-14(10-1-2-10)17-12-3-5-13(6-4-12)18-15(20)11-7-8-16-9-11;/h3-6,10-11,16H,1-2,7-9H2,(H,17,19)(H,18,20);1H. The molecule has 1 aromatic rings. The molecule has 6 heteroatoms. The highest BCUT2D eigenvalue weighted by Crippen LogP contribution is 2.30. The molecule has 0 bridgehead atoms. The van der Waals surface area contributed by atoms with Crippen LogP contribution in [0, 0.1) is 11.8 Å². The van der Waals surface area contributed by atoms with E-state index < -0.39 is 0 Å². The van der Waals surface area contributed by atoms with E-state index >= 15 is 0 Å². The Balaban J connectivity index is 0.00000161. The lowest BCUT2D eigenvalue weighted by Crippen LogP contribution is -2.24. The third kappa shape index (κ3) is 4.19. The van der Waals surface area contributed by atoms with Gasteiger partial charge in [0.15, 0.2) is 0 Å². The van der Waals surface area contributed by atoms with Crippen molar-refractivity contribution in [1.82, 2.24) is 5.32 Å². The van der Waals surface area contributed by atoms with Crippen molar-refractivity contribution in [3.8, 4) is 0 Å². The Labute approximate surface area is 130 Å². The SMILES string of the molecule is Cl.O=C(Nc1ccc(NC(=O)C2CCNC2)cc1)C1CC1. The van der Waals surface area contributed by atoms with E-state index in [9.17, 15) is 9.59 Å². The van der Waals surface area contributed by atoms with Gasteiger partial charge in [-0.3, -0.25) is 9.59 Å². The van der Waals surface area contributed by atoms with Gasteiger partial charge in [-0.05, 0) is 50.1 Å². The van der Waals surface area contributed by atoms with Crippen LogP contribution in [-0.2, 0) is 9.59 Å². The van der Waals surface area contributed by atoms with E-state index in [0.29, 0.717) is 0 Å². The second-order valence-electron chi connectivity index (χ2n) is 5.52. The summed E-state index contributed by atoms with van der Waals surface area (Å²) in [7, 11) is 0. The molecule has 2 aliphatic rings. The summed E-state index contributed by atoms with van der Waals surface area (Å²) in [5.74, 6) is 0.414. The van der Waals surface area contributed by atoms with Crippen LogP contribution < -0.4 is 16.0 Å². The van der Waals surface area contributed by atoms with Crippen molar-refractivity contribution >= 4 is 35.6 Å². The Morgan fingerprint density at radius 1 is 0.905 bits per heavy atom. The zero-order valence-corrected chi connectivity index (χ0v) is 12.5. The van der Waals surface area contributed by atoms with Gasteiger partial charge in [0.25, 0.3) is 0 Å². The van der Waals surface area contributed by atoms with Gasteiger partial charge in [-0.25, -0.2) is 0 Å². The number of carbonyl (C=O) groups excluding carboxylic acids is 2. The molecule has 114 valence electrons. The van der Waals surface area contributed by atoms with Gasteiger partial charge in [-0.15, -0.1) is 12.4 Å². The molecule has 0 spiro atoms. The van der Waals surface area contributed by atoms with Crippen LogP contribution >= 0.6 is 12.4 Å². The number of halogens is 1. The normalized spacial score (nSPS) is 20.5. The van der Waals surface area contributed by atoms with Gasteiger partial charge in [0.05, 0.1) is 5.92 Å². The number of hydrogen-bond donors (Lipinski definition) is 3. The van der Waals surface area contributed by atoms with Gasteiger partial charge in [0.2, 0.25) is 11.8 Å². The topological polar surface area (TPSA) is 70.2 Å². The molecule has 1 aliphatic heterocycles. The fraction of sp³-hybridized carbons (Fsp3) is 0.467. The van der Waals surface area contributed by atoms with Crippen LogP contribution in [0.2, 0.25) is 0 Å². The Hall–Kier alpha value is -1.59. The van der Waals surface area contributed by atoms with E-state index in [-0.39, 0.29) is 36.1 Å². The molecule has 2 amide bonds. The van der Waals surface area contributed by atoms with Gasteiger partial charge in [0.1, 0.15) is 0 Å². The molecule has 1 heterocycles. The molecule has 5 nitrogen and oxygen atoms in total. The second kappa shape index (κ2) is 6.91. The highest BCUT2D eigenvalue weighted by atomic mass is 35.5. The third-order valence-electron chi connectivity index (χ3n) is 3.80. The summed E-state index contributed by atoms with van der Waals surface area (Å²) in [6, 6.07) is 7.29. The summed E-state index contributed by atoms with van der Waals surface area (Å²) in [5, 5.41) is 8.96. The zero-order valence-electron chi connectivity index (χ0n) is 11.7. The average Bonchev–Trinajstić information content (AvgIpc) is 3.16. The minimum atomic E-state index is 0. The molecule has 0 radical (unpaired) electrons. The van der Waals surface area contributed by atoms with Gasteiger partial charge >= 0.3 is 0 Å². The predicted molar refractivity (Wildman–Crippen MR) is 84.7 cm³/mol. The van der Waals surface area contributed by atoms with Gasteiger partial charge < -0.3 is 16.0 Å². The fourth-order valence-electron chi connectivity index (χ4n) is 2.35. The van der Waals surface area contributed by atoms with Crippen molar-refractivity contribution < 1.29 is 9.59 Å². The van der Waals surface area contributed by atoms with Gasteiger partial charge in [-0.1, -0.05) is 0 Å². The van der Waals surface area contributed by atoms with Crippen LogP contribution in [0.3, 0.4) is 0 Å². The predicted octanol–water partition coefficient (Wildman–Crippen LogP) is 2.00. The highest BCUT2D eigenvalue weighted by Gasteiger charge is 2.29. The molecule has 21 heavy (non-hydrogen) atoms. The largest absolute Gasteiger partial charge is 0.326 e. The summed E-state index contributed by atoms with van der Waals surface area (Å²) in [6.45, 7) is 1.66. The fourth-order valence-corrected chi connectivity index (χ4v) is 2.35. The van der Waals surface area contributed by atoms with Crippen molar-refractivity contribution in [2.75, 3.05) is 23.7 Å². The van der Waals surface area contributed by atoms with E-state index in [2.05, 4.69) is 16.0 Å². The monoisotopic (exact) mass is 309 g/mol. The quantitative estimate of drug-likeness (QED) is 0.797. The van der Waals surface area contributed by atoms with Crippen LogP contribution in [0.4, 0.5) is 11.4 Å². The first-order chi connectivity index (χ1) is 9.72. The first kappa shape index (κ1) is 15.8. The van der Waals surface area contributed by atoms with Gasteiger partial charge in [0, 0.05) is 23.8 Å². The average molecular weight is 310 g/mol. The number of anilines is 2. The van der Waals surface area contributed by atoms with Gasteiger partial charge in [-0.2, -0.15) is 0 Å². The van der Waals surface area contributed by atoms with Crippen LogP contribution in [0.1, 0.15) is 19.3 Å². The van der Waals surface area contributed by atoms with Crippen LogP contribution in [0.15, 0.2) is 24.3 Å². The molecule has 1 atom stereocenters. The molecule has 1 saturated heterocycles. The molecule has 2 fully saturated rings. The minimum absolute atomic E-state index is 0. The summed E-state index contributed by atoms with van der Waals surface area (Å²) >= 11 is 0. The number of hydrogen-bond acceptors (Lipinski definition) is 3. The Kier molecular flexibility index (Phi) is 5.20. The lowest BCUT2D eigenvalue weighted by Gasteiger charge is -2.10. The maximum absolute atomic E-state index is 12.0. The van der Waals surface area contributed by atoms with E-state index in [1.54, 1.807) is 0 Å². The Morgan fingerprint density at radius 3 is 1.86 bits per heavy atom. The van der Waals surface area contributed by atoms with E-state index in [4.69, 9.17) is 0 Å². The molecule has 3 N–H and O–H groups in total. The highest BCUT2D eigenvalue weighted by molar-refractivity contribution is 5.95. The van der Waals surface area contributed by atoms with Crippen molar-refractivity contribution in [3.63, 3.8) is 0 Å². The maximum atomic E-state index is 12.0. The Bertz CT molecular complexity index is 508. The molecular formula is C15H20ClN3O2. The van der Waals surface area contributed by atoms with Crippen LogP contribution in [0.25, 0.3) is 0 Å². The zero-order chi connectivity index (χ0) is 13.9. The molecule has 1 saturated carbocycles. The van der Waals surface area contributed by atoms with Crippen LogP contribution in [-0.4, -0.2) is 24.9 Å². The maximum Gasteiger partial charge on any atom is 0.228 e. The summed E-state index contributed by atoms with van der Waals surface area (Å²) in [4.78, 5) is 23.6. The van der Waals surface area contributed by atoms with Crippen molar-refractivity contribution in [2.45, 2.75) is 19.3 Å². The molecule has 1 aliphatic carbocycles. The van der Waals surface area contributed by atoms with Crippen molar-refractivity contribution in [2.24, 2.45) is 11.8 Å². The number of carbonyl (C=O) groups is 2. The lowest BCUT2D eigenvalue weighted by molar-refractivity contribution is -0.119. The third-order valence-corrected chi connectivity index (χ3v) is 3.80. The molecule has 1 unspecified atom stereocenters. The molecular weight excluding hydrogens is 290 g/mol. The van der Waals surface area contributed by atoms with E-state index in [0.717, 1.165) is 43.7 Å². The Morgan fingerprint density at radius 2 is 1.43 bits per heavy atom. The molecule has 1 aromatic carbocycles. The summed E-state index contributed by atoms with van der Waals surface area (Å²) in [6.07, 6.45) is 2.88.